The molecule has 1 aromatic rings. The quantitative estimate of drug-likeness (QED) is 0.882. The van der Waals surface area contributed by atoms with Crippen LogP contribution in [0.25, 0.3) is 0 Å². The standard InChI is InChI=1S/C14H26N4O/c1-10(2)8-13-16-14(19-17-13)9-18(3)12-6-4-11(15)5-7-12/h10-12H,4-9,15H2,1-3H3. The number of nitrogens with zero attached hydrogens (tertiary/aromatic N) is 3. The molecule has 2 N–H and O–H groups in total. The molecule has 1 aliphatic carbocycles. The van der Waals surface area contributed by atoms with Crippen molar-refractivity contribution >= 4 is 0 Å². The molecule has 0 aliphatic heterocycles. The Morgan fingerprint density at radius 2 is 2.00 bits per heavy atom. The zero-order valence-corrected chi connectivity index (χ0v) is 12.3. The van der Waals surface area contributed by atoms with Crippen molar-refractivity contribution in [1.29, 1.82) is 0 Å². The molecule has 0 amide bonds. The van der Waals surface area contributed by atoms with E-state index in [1.807, 2.05) is 0 Å². The molecule has 2 rings (SSSR count). The normalized spacial score (nSPS) is 24.3. The minimum Gasteiger partial charge on any atom is -0.338 e. The molecule has 1 saturated carbocycles. The number of hydrogen-bond acceptors (Lipinski definition) is 5. The van der Waals surface area contributed by atoms with Crippen molar-refractivity contribution in [3.63, 3.8) is 0 Å². The molecule has 1 heterocycles. The van der Waals surface area contributed by atoms with Crippen LogP contribution in [-0.2, 0) is 13.0 Å². The van der Waals surface area contributed by atoms with Crippen molar-refractivity contribution in [2.75, 3.05) is 7.05 Å². The summed E-state index contributed by atoms with van der Waals surface area (Å²) in [5, 5.41) is 4.03. The molecule has 0 spiro atoms. The maximum absolute atomic E-state index is 5.94. The first-order valence-corrected chi connectivity index (χ1v) is 7.32. The first-order valence-electron chi connectivity index (χ1n) is 7.32. The third-order valence-corrected chi connectivity index (χ3v) is 3.85. The molecule has 0 radical (unpaired) electrons. The fourth-order valence-corrected chi connectivity index (χ4v) is 2.69. The topological polar surface area (TPSA) is 68.2 Å². The van der Waals surface area contributed by atoms with E-state index in [-0.39, 0.29) is 0 Å². The van der Waals surface area contributed by atoms with Gasteiger partial charge in [-0.15, -0.1) is 0 Å². The number of nitrogens with two attached hydrogens (primary N) is 1. The summed E-state index contributed by atoms with van der Waals surface area (Å²) in [4.78, 5) is 6.77. The van der Waals surface area contributed by atoms with Crippen molar-refractivity contribution in [3.8, 4) is 0 Å². The molecule has 0 atom stereocenters. The van der Waals surface area contributed by atoms with Gasteiger partial charge in [0.25, 0.3) is 0 Å². The summed E-state index contributed by atoms with van der Waals surface area (Å²) in [6.45, 7) is 5.06. The predicted molar refractivity (Wildman–Crippen MR) is 74.5 cm³/mol. The van der Waals surface area contributed by atoms with Crippen LogP contribution in [-0.4, -0.2) is 34.2 Å². The van der Waals surface area contributed by atoms with E-state index in [0.717, 1.165) is 37.5 Å². The lowest BCUT2D eigenvalue weighted by Gasteiger charge is -2.32. The summed E-state index contributed by atoms with van der Waals surface area (Å²) < 4.78 is 5.32. The summed E-state index contributed by atoms with van der Waals surface area (Å²) in [6.07, 6.45) is 5.47. The minimum atomic E-state index is 0.394. The Bertz CT molecular complexity index is 383. The van der Waals surface area contributed by atoms with E-state index in [1.54, 1.807) is 0 Å². The second-order valence-electron chi connectivity index (χ2n) is 6.19. The van der Waals surface area contributed by atoms with Crippen molar-refractivity contribution < 1.29 is 4.52 Å². The Labute approximate surface area is 115 Å². The Kier molecular flexibility index (Phi) is 4.93. The molecule has 0 unspecified atom stereocenters. The van der Waals surface area contributed by atoms with Crippen molar-refractivity contribution in [2.45, 2.75) is 64.6 Å². The van der Waals surface area contributed by atoms with Crippen LogP contribution in [0.2, 0.25) is 0 Å². The SMILES string of the molecule is CC(C)Cc1noc(CN(C)C2CCC(N)CC2)n1. The van der Waals surface area contributed by atoms with Gasteiger partial charge in [-0.05, 0) is 38.6 Å². The lowest BCUT2D eigenvalue weighted by Crippen LogP contribution is -2.38. The maximum Gasteiger partial charge on any atom is 0.240 e. The minimum absolute atomic E-state index is 0.394. The molecule has 0 saturated heterocycles. The molecule has 19 heavy (non-hydrogen) atoms. The van der Waals surface area contributed by atoms with Gasteiger partial charge >= 0.3 is 0 Å². The zero-order valence-electron chi connectivity index (χ0n) is 12.3. The van der Waals surface area contributed by atoms with E-state index in [1.165, 1.54) is 12.8 Å². The van der Waals surface area contributed by atoms with Gasteiger partial charge in [0, 0.05) is 18.5 Å². The fourth-order valence-electron chi connectivity index (χ4n) is 2.69. The third-order valence-electron chi connectivity index (χ3n) is 3.85. The van der Waals surface area contributed by atoms with Gasteiger partial charge < -0.3 is 10.3 Å². The van der Waals surface area contributed by atoms with Crippen LogP contribution in [0.3, 0.4) is 0 Å². The van der Waals surface area contributed by atoms with E-state index in [2.05, 4.69) is 35.9 Å². The molecule has 1 fully saturated rings. The molecule has 0 aromatic carbocycles. The first-order chi connectivity index (χ1) is 9.04. The number of hydrogen-bond donors (Lipinski definition) is 1. The van der Waals surface area contributed by atoms with E-state index in [0.29, 0.717) is 18.0 Å². The Morgan fingerprint density at radius 3 is 2.63 bits per heavy atom. The Morgan fingerprint density at radius 1 is 1.32 bits per heavy atom. The average molecular weight is 266 g/mol. The van der Waals surface area contributed by atoms with Gasteiger partial charge in [0.1, 0.15) is 0 Å². The molecule has 1 aromatic heterocycles. The van der Waals surface area contributed by atoms with E-state index in [4.69, 9.17) is 10.3 Å². The average Bonchev–Trinajstić information content (AvgIpc) is 2.76. The molecule has 1 aliphatic rings. The predicted octanol–water partition coefficient (Wildman–Crippen LogP) is 1.97. The van der Waals surface area contributed by atoms with E-state index < -0.39 is 0 Å². The smallest absolute Gasteiger partial charge is 0.240 e. The van der Waals surface area contributed by atoms with Crippen molar-refractivity contribution in [3.05, 3.63) is 11.7 Å². The highest BCUT2D eigenvalue weighted by molar-refractivity contribution is 4.89. The highest BCUT2D eigenvalue weighted by Crippen LogP contribution is 2.22. The molecule has 5 heteroatoms. The number of aromatic nitrogens is 2. The van der Waals surface area contributed by atoms with Gasteiger partial charge in [-0.3, -0.25) is 4.90 Å². The van der Waals surface area contributed by atoms with Crippen LogP contribution in [0, 0.1) is 5.92 Å². The van der Waals surface area contributed by atoms with Crippen LogP contribution in [0.4, 0.5) is 0 Å². The van der Waals surface area contributed by atoms with Crippen LogP contribution in [0.1, 0.15) is 51.2 Å². The third kappa shape index (κ3) is 4.28. The molecule has 108 valence electrons. The summed E-state index contributed by atoms with van der Waals surface area (Å²) in [5.41, 5.74) is 5.94. The monoisotopic (exact) mass is 266 g/mol. The van der Waals surface area contributed by atoms with Gasteiger partial charge in [0.2, 0.25) is 5.89 Å². The number of rotatable bonds is 5. The second-order valence-corrected chi connectivity index (χ2v) is 6.19. The van der Waals surface area contributed by atoms with E-state index in [9.17, 15) is 0 Å². The summed E-state index contributed by atoms with van der Waals surface area (Å²) in [6, 6.07) is 0.992. The Hall–Kier alpha value is -0.940. The zero-order chi connectivity index (χ0) is 13.8. The van der Waals surface area contributed by atoms with Gasteiger partial charge in [0.15, 0.2) is 5.82 Å². The van der Waals surface area contributed by atoms with Gasteiger partial charge in [-0.1, -0.05) is 19.0 Å². The second kappa shape index (κ2) is 6.48. The fraction of sp³-hybridized carbons (Fsp3) is 0.857. The maximum atomic E-state index is 5.94. The highest BCUT2D eigenvalue weighted by atomic mass is 16.5. The summed E-state index contributed by atoms with van der Waals surface area (Å²) in [7, 11) is 2.13. The molecule has 5 nitrogen and oxygen atoms in total. The lowest BCUT2D eigenvalue weighted by molar-refractivity contribution is 0.158. The van der Waals surface area contributed by atoms with E-state index >= 15 is 0 Å². The molecular formula is C14H26N4O. The Balaban J connectivity index is 1.84. The van der Waals surface area contributed by atoms with Crippen molar-refractivity contribution in [2.24, 2.45) is 11.7 Å². The van der Waals surface area contributed by atoms with Gasteiger partial charge in [-0.25, -0.2) is 0 Å². The van der Waals surface area contributed by atoms with Crippen LogP contribution >= 0.6 is 0 Å². The van der Waals surface area contributed by atoms with Gasteiger partial charge in [0.05, 0.1) is 6.54 Å². The van der Waals surface area contributed by atoms with Crippen LogP contribution in [0.5, 0.6) is 0 Å². The summed E-state index contributed by atoms with van der Waals surface area (Å²) in [5.74, 6) is 2.11. The molecule has 0 bridgehead atoms. The highest BCUT2D eigenvalue weighted by Gasteiger charge is 2.23. The molecular weight excluding hydrogens is 240 g/mol. The van der Waals surface area contributed by atoms with Crippen LogP contribution < -0.4 is 5.73 Å². The lowest BCUT2D eigenvalue weighted by atomic mass is 9.91. The summed E-state index contributed by atoms with van der Waals surface area (Å²) >= 11 is 0. The largest absolute Gasteiger partial charge is 0.338 e. The van der Waals surface area contributed by atoms with Crippen molar-refractivity contribution in [1.82, 2.24) is 15.0 Å². The first kappa shape index (κ1) is 14.5. The van der Waals surface area contributed by atoms with Gasteiger partial charge in [-0.2, -0.15) is 4.98 Å². The van der Waals surface area contributed by atoms with Crippen LogP contribution in [0.15, 0.2) is 4.52 Å².